The number of urea groups is 1. The molecule has 0 heterocycles. The summed E-state index contributed by atoms with van der Waals surface area (Å²) in [4.78, 5) is 25.4. The van der Waals surface area contributed by atoms with E-state index >= 15 is 0 Å². The predicted molar refractivity (Wildman–Crippen MR) is 97.9 cm³/mol. The molecule has 7 heteroatoms. The second-order valence-electron chi connectivity index (χ2n) is 5.64. The molecular formula is C19H22FN3O3. The molecule has 0 aromatic heterocycles. The predicted octanol–water partition coefficient (Wildman–Crippen LogP) is 3.25. The molecule has 2 rings (SSSR count). The Bertz CT molecular complexity index is 778. The molecular weight excluding hydrogens is 337 g/mol. The summed E-state index contributed by atoms with van der Waals surface area (Å²) < 4.78 is 19.1. The first-order chi connectivity index (χ1) is 12.4. The van der Waals surface area contributed by atoms with Gasteiger partial charge in [0.1, 0.15) is 11.6 Å². The number of amides is 3. The van der Waals surface area contributed by atoms with Gasteiger partial charge in [-0.2, -0.15) is 0 Å². The van der Waals surface area contributed by atoms with Crippen molar-refractivity contribution in [3.8, 4) is 5.75 Å². The molecule has 0 aliphatic rings. The summed E-state index contributed by atoms with van der Waals surface area (Å²) in [5, 5.41) is 5.02. The van der Waals surface area contributed by atoms with Gasteiger partial charge in [0, 0.05) is 26.3 Å². The SMILES string of the molecule is CCOc1ccc(CN(C)C(=O)Nc2ccc(F)c(C(=O)NC)c2)cc1. The molecule has 0 bridgehead atoms. The highest BCUT2D eigenvalue weighted by Crippen LogP contribution is 2.17. The molecule has 0 aliphatic carbocycles. The van der Waals surface area contributed by atoms with Gasteiger partial charge in [-0.15, -0.1) is 0 Å². The van der Waals surface area contributed by atoms with Crippen molar-refractivity contribution in [2.75, 3.05) is 26.0 Å². The van der Waals surface area contributed by atoms with Gasteiger partial charge in [0.25, 0.3) is 5.91 Å². The standard InChI is InChI=1S/C19H22FN3O3/c1-4-26-15-8-5-13(6-9-15)12-23(3)19(25)22-14-7-10-17(20)16(11-14)18(24)21-2/h5-11H,4,12H2,1-3H3,(H,21,24)(H,22,25). The van der Waals surface area contributed by atoms with E-state index in [0.29, 0.717) is 18.8 Å². The number of carbonyl (C=O) groups is 2. The fourth-order valence-electron chi connectivity index (χ4n) is 2.33. The van der Waals surface area contributed by atoms with Crippen LogP contribution < -0.4 is 15.4 Å². The van der Waals surface area contributed by atoms with Gasteiger partial charge in [0.2, 0.25) is 0 Å². The molecule has 0 atom stereocenters. The Balaban J connectivity index is 2.01. The van der Waals surface area contributed by atoms with E-state index in [2.05, 4.69) is 10.6 Å². The quantitative estimate of drug-likeness (QED) is 0.832. The topological polar surface area (TPSA) is 70.7 Å². The van der Waals surface area contributed by atoms with E-state index in [0.717, 1.165) is 17.4 Å². The number of benzene rings is 2. The van der Waals surface area contributed by atoms with Crippen molar-refractivity contribution in [2.45, 2.75) is 13.5 Å². The minimum absolute atomic E-state index is 0.125. The Labute approximate surface area is 152 Å². The van der Waals surface area contributed by atoms with Crippen LogP contribution in [-0.2, 0) is 6.54 Å². The maximum atomic E-state index is 13.7. The Kier molecular flexibility index (Phi) is 6.54. The van der Waals surface area contributed by atoms with Crippen molar-refractivity contribution in [1.29, 1.82) is 0 Å². The van der Waals surface area contributed by atoms with Crippen LogP contribution in [0.3, 0.4) is 0 Å². The largest absolute Gasteiger partial charge is 0.494 e. The van der Waals surface area contributed by atoms with E-state index in [1.165, 1.54) is 24.1 Å². The van der Waals surface area contributed by atoms with E-state index in [-0.39, 0.29) is 11.6 Å². The molecule has 0 fully saturated rings. The first-order valence-electron chi connectivity index (χ1n) is 8.20. The molecule has 0 aliphatic heterocycles. The number of nitrogens with one attached hydrogen (secondary N) is 2. The van der Waals surface area contributed by atoms with Gasteiger partial charge in [0.05, 0.1) is 12.2 Å². The second-order valence-corrected chi connectivity index (χ2v) is 5.64. The third kappa shape index (κ3) is 4.95. The van der Waals surface area contributed by atoms with Crippen LogP contribution in [0.2, 0.25) is 0 Å². The molecule has 2 aromatic rings. The number of nitrogens with zero attached hydrogens (tertiary/aromatic N) is 1. The molecule has 0 spiro atoms. The van der Waals surface area contributed by atoms with E-state index in [1.54, 1.807) is 7.05 Å². The van der Waals surface area contributed by atoms with Crippen LogP contribution in [-0.4, -0.2) is 37.5 Å². The smallest absolute Gasteiger partial charge is 0.321 e. The molecule has 6 nitrogen and oxygen atoms in total. The van der Waals surface area contributed by atoms with E-state index in [1.807, 2.05) is 31.2 Å². The van der Waals surface area contributed by atoms with Crippen LogP contribution in [0.4, 0.5) is 14.9 Å². The van der Waals surface area contributed by atoms with Gasteiger partial charge in [-0.1, -0.05) is 12.1 Å². The third-order valence-corrected chi connectivity index (χ3v) is 3.69. The molecule has 26 heavy (non-hydrogen) atoms. The maximum absolute atomic E-state index is 13.7. The molecule has 0 saturated carbocycles. The minimum Gasteiger partial charge on any atom is -0.494 e. The van der Waals surface area contributed by atoms with E-state index in [9.17, 15) is 14.0 Å². The number of anilines is 1. The lowest BCUT2D eigenvalue weighted by atomic mass is 10.1. The van der Waals surface area contributed by atoms with Crippen LogP contribution in [0.25, 0.3) is 0 Å². The minimum atomic E-state index is -0.648. The lowest BCUT2D eigenvalue weighted by Crippen LogP contribution is -2.31. The Morgan fingerprint density at radius 1 is 1.15 bits per heavy atom. The van der Waals surface area contributed by atoms with Gasteiger partial charge in [0.15, 0.2) is 0 Å². The lowest BCUT2D eigenvalue weighted by Gasteiger charge is -2.18. The molecule has 138 valence electrons. The number of rotatable bonds is 6. The first-order valence-corrected chi connectivity index (χ1v) is 8.20. The maximum Gasteiger partial charge on any atom is 0.321 e. The number of hydrogen-bond acceptors (Lipinski definition) is 3. The lowest BCUT2D eigenvalue weighted by molar-refractivity contribution is 0.0959. The molecule has 3 amide bonds. The number of carbonyl (C=O) groups excluding carboxylic acids is 2. The number of ether oxygens (including phenoxy) is 1. The van der Waals surface area contributed by atoms with Gasteiger partial charge >= 0.3 is 6.03 Å². The normalized spacial score (nSPS) is 10.2. The molecule has 2 N–H and O–H groups in total. The highest BCUT2D eigenvalue weighted by Gasteiger charge is 2.14. The van der Waals surface area contributed by atoms with Gasteiger partial charge in [-0.05, 0) is 42.8 Å². The highest BCUT2D eigenvalue weighted by molar-refractivity contribution is 5.96. The Morgan fingerprint density at radius 3 is 2.46 bits per heavy atom. The van der Waals surface area contributed by atoms with Crippen LogP contribution in [0.1, 0.15) is 22.8 Å². The highest BCUT2D eigenvalue weighted by atomic mass is 19.1. The average molecular weight is 359 g/mol. The first kappa shape index (κ1) is 19.2. The van der Waals surface area contributed by atoms with Crippen LogP contribution in [0.15, 0.2) is 42.5 Å². The van der Waals surface area contributed by atoms with Crippen LogP contribution in [0, 0.1) is 5.82 Å². The van der Waals surface area contributed by atoms with E-state index in [4.69, 9.17) is 4.74 Å². The number of hydrogen-bond donors (Lipinski definition) is 2. The van der Waals surface area contributed by atoms with Crippen molar-refractivity contribution in [2.24, 2.45) is 0 Å². The van der Waals surface area contributed by atoms with E-state index < -0.39 is 11.7 Å². The van der Waals surface area contributed by atoms with Crippen molar-refractivity contribution in [3.05, 3.63) is 59.4 Å². The monoisotopic (exact) mass is 359 g/mol. The molecule has 0 radical (unpaired) electrons. The molecule has 0 unspecified atom stereocenters. The van der Waals surface area contributed by atoms with Gasteiger partial charge < -0.3 is 20.3 Å². The summed E-state index contributed by atoms with van der Waals surface area (Å²) in [6.07, 6.45) is 0. The van der Waals surface area contributed by atoms with Gasteiger partial charge in [-0.25, -0.2) is 9.18 Å². The summed E-state index contributed by atoms with van der Waals surface area (Å²) >= 11 is 0. The summed E-state index contributed by atoms with van der Waals surface area (Å²) in [7, 11) is 3.06. The van der Waals surface area contributed by atoms with Crippen molar-refractivity contribution < 1.29 is 18.7 Å². The zero-order valence-electron chi connectivity index (χ0n) is 15.0. The second kappa shape index (κ2) is 8.84. The van der Waals surface area contributed by atoms with Crippen molar-refractivity contribution in [3.63, 3.8) is 0 Å². The zero-order valence-corrected chi connectivity index (χ0v) is 15.0. The van der Waals surface area contributed by atoms with Crippen LogP contribution >= 0.6 is 0 Å². The van der Waals surface area contributed by atoms with Crippen molar-refractivity contribution >= 4 is 17.6 Å². The van der Waals surface area contributed by atoms with Crippen LogP contribution in [0.5, 0.6) is 5.75 Å². The fourth-order valence-corrected chi connectivity index (χ4v) is 2.33. The summed E-state index contributed by atoms with van der Waals surface area (Å²) in [6.45, 7) is 2.90. The summed E-state index contributed by atoms with van der Waals surface area (Å²) in [6, 6.07) is 11.0. The Morgan fingerprint density at radius 2 is 1.85 bits per heavy atom. The summed E-state index contributed by atoms with van der Waals surface area (Å²) in [5.41, 5.74) is 1.16. The zero-order chi connectivity index (χ0) is 19.1. The van der Waals surface area contributed by atoms with Gasteiger partial charge in [-0.3, -0.25) is 4.79 Å². The fraction of sp³-hybridized carbons (Fsp3) is 0.263. The number of halogens is 1. The third-order valence-electron chi connectivity index (χ3n) is 3.69. The molecule has 0 saturated heterocycles. The summed E-state index contributed by atoms with van der Waals surface area (Å²) in [5.74, 6) is -0.428. The molecule has 2 aromatic carbocycles. The van der Waals surface area contributed by atoms with Crippen molar-refractivity contribution in [1.82, 2.24) is 10.2 Å². The average Bonchev–Trinajstić information content (AvgIpc) is 2.64. The Hall–Kier alpha value is -3.09.